The van der Waals surface area contributed by atoms with E-state index in [0.717, 1.165) is 9.35 Å². The summed E-state index contributed by atoms with van der Waals surface area (Å²) in [6.45, 7) is 1.44. The van der Waals surface area contributed by atoms with Gasteiger partial charge in [0.25, 0.3) is 0 Å². The van der Waals surface area contributed by atoms with Crippen LogP contribution in [-0.2, 0) is 6.54 Å². The zero-order valence-electron chi connectivity index (χ0n) is 12.4. The monoisotopic (exact) mass is 385 g/mol. The van der Waals surface area contributed by atoms with Crippen LogP contribution in [0.15, 0.2) is 20.4 Å². The summed E-state index contributed by atoms with van der Waals surface area (Å²) in [5, 5.41) is 15.4. The molecule has 0 unspecified atom stereocenters. The Kier molecular flexibility index (Phi) is 5.62. The van der Waals surface area contributed by atoms with Gasteiger partial charge in [0.15, 0.2) is 0 Å². The molecule has 0 radical (unpaired) electrons. The second-order valence-electron chi connectivity index (χ2n) is 5.63. The van der Waals surface area contributed by atoms with Gasteiger partial charge in [0.2, 0.25) is 11.7 Å². The van der Waals surface area contributed by atoms with Crippen LogP contribution in [0.1, 0.15) is 38.0 Å². The Morgan fingerprint density at radius 2 is 2.18 bits per heavy atom. The van der Waals surface area contributed by atoms with Crippen molar-refractivity contribution in [3.63, 3.8) is 0 Å². The minimum absolute atomic E-state index is 0.162. The van der Waals surface area contributed by atoms with Gasteiger partial charge in [-0.15, -0.1) is 11.3 Å². The van der Waals surface area contributed by atoms with E-state index in [4.69, 9.17) is 4.52 Å². The minimum Gasteiger partial charge on any atom is -0.395 e. The summed E-state index contributed by atoms with van der Waals surface area (Å²) >= 11 is 5.03. The molecule has 0 aliphatic heterocycles. The summed E-state index contributed by atoms with van der Waals surface area (Å²) in [7, 11) is 0. The molecule has 0 aromatic carbocycles. The summed E-state index contributed by atoms with van der Waals surface area (Å²) < 4.78 is 6.43. The molecule has 1 aliphatic rings. The third-order valence-electron chi connectivity index (χ3n) is 4.07. The maximum Gasteiger partial charge on any atom is 0.241 e. The predicted octanol–water partition coefficient (Wildman–Crippen LogP) is 3.69. The van der Waals surface area contributed by atoms with Crippen molar-refractivity contribution in [2.75, 3.05) is 13.2 Å². The highest BCUT2D eigenvalue weighted by atomic mass is 79.9. The topological polar surface area (TPSA) is 62.4 Å². The van der Waals surface area contributed by atoms with Crippen LogP contribution in [0.2, 0.25) is 0 Å². The van der Waals surface area contributed by atoms with Crippen LogP contribution in [0.4, 0.5) is 0 Å². The van der Waals surface area contributed by atoms with Gasteiger partial charge < -0.3 is 9.63 Å². The van der Waals surface area contributed by atoms with E-state index in [0.29, 0.717) is 30.8 Å². The van der Waals surface area contributed by atoms with Crippen molar-refractivity contribution in [1.29, 1.82) is 0 Å². The molecular formula is C15H20BrN3O2S. The number of hydrogen-bond donors (Lipinski definition) is 1. The molecule has 1 N–H and O–H groups in total. The van der Waals surface area contributed by atoms with Gasteiger partial charge in [-0.05, 0) is 34.8 Å². The summed E-state index contributed by atoms with van der Waals surface area (Å²) in [6.07, 6.45) is 6.24. The molecule has 0 spiro atoms. The SMILES string of the molecule is OCCN(Cc1nc(-c2cc(Br)cs2)no1)C1CCCCC1. The standard InChI is InChI=1S/C15H20BrN3O2S/c16-11-8-13(22-10-11)15-17-14(21-18-15)9-19(6-7-20)12-4-2-1-3-5-12/h8,10,12,20H,1-7,9H2. The van der Waals surface area contributed by atoms with Gasteiger partial charge in [0.1, 0.15) is 0 Å². The zero-order valence-corrected chi connectivity index (χ0v) is 14.8. The van der Waals surface area contributed by atoms with E-state index < -0.39 is 0 Å². The third kappa shape index (κ3) is 3.95. The van der Waals surface area contributed by atoms with Crippen molar-refractivity contribution in [3.05, 3.63) is 21.8 Å². The lowest BCUT2D eigenvalue weighted by Gasteiger charge is -2.32. The molecule has 0 atom stereocenters. The molecular weight excluding hydrogens is 366 g/mol. The Hall–Kier alpha value is -0.760. The first kappa shape index (κ1) is 16.1. The molecule has 5 nitrogen and oxygen atoms in total. The van der Waals surface area contributed by atoms with Gasteiger partial charge >= 0.3 is 0 Å². The summed E-state index contributed by atoms with van der Waals surface area (Å²) in [6, 6.07) is 2.51. The summed E-state index contributed by atoms with van der Waals surface area (Å²) in [5.41, 5.74) is 0. The molecule has 7 heteroatoms. The lowest BCUT2D eigenvalue weighted by Crippen LogP contribution is -2.38. The molecule has 120 valence electrons. The van der Waals surface area contributed by atoms with E-state index in [9.17, 15) is 5.11 Å². The maximum absolute atomic E-state index is 9.32. The van der Waals surface area contributed by atoms with Crippen LogP contribution >= 0.6 is 27.3 Å². The summed E-state index contributed by atoms with van der Waals surface area (Å²) in [4.78, 5) is 7.77. The molecule has 0 saturated heterocycles. The number of halogens is 1. The van der Waals surface area contributed by atoms with Crippen molar-refractivity contribution in [1.82, 2.24) is 15.0 Å². The van der Waals surface area contributed by atoms with Crippen LogP contribution < -0.4 is 0 Å². The largest absolute Gasteiger partial charge is 0.395 e. The smallest absolute Gasteiger partial charge is 0.241 e. The van der Waals surface area contributed by atoms with E-state index in [2.05, 4.69) is 31.0 Å². The molecule has 3 rings (SSSR count). The van der Waals surface area contributed by atoms with Crippen molar-refractivity contribution in [3.8, 4) is 10.7 Å². The minimum atomic E-state index is 0.162. The average molecular weight is 386 g/mol. The number of rotatable bonds is 6. The van der Waals surface area contributed by atoms with E-state index in [1.807, 2.05) is 11.4 Å². The molecule has 0 bridgehead atoms. The fourth-order valence-corrected chi connectivity index (χ4v) is 4.34. The fraction of sp³-hybridized carbons (Fsp3) is 0.600. The van der Waals surface area contributed by atoms with Crippen LogP contribution in [0, 0.1) is 0 Å². The van der Waals surface area contributed by atoms with E-state index in [1.165, 1.54) is 32.1 Å². The highest BCUT2D eigenvalue weighted by Crippen LogP contribution is 2.28. The Morgan fingerprint density at radius 3 is 2.86 bits per heavy atom. The number of aliphatic hydroxyl groups excluding tert-OH is 1. The van der Waals surface area contributed by atoms with Crippen molar-refractivity contribution < 1.29 is 9.63 Å². The predicted molar refractivity (Wildman–Crippen MR) is 89.7 cm³/mol. The Balaban J connectivity index is 1.68. The normalized spacial score (nSPS) is 16.5. The van der Waals surface area contributed by atoms with Crippen molar-refractivity contribution in [2.45, 2.75) is 44.7 Å². The molecule has 1 saturated carbocycles. The maximum atomic E-state index is 9.32. The molecule has 1 aliphatic carbocycles. The quantitative estimate of drug-likeness (QED) is 0.821. The number of thiophene rings is 1. The molecule has 2 aromatic rings. The third-order valence-corrected chi connectivity index (χ3v) is 5.76. The van der Waals surface area contributed by atoms with Crippen LogP contribution in [-0.4, -0.2) is 39.3 Å². The Morgan fingerprint density at radius 1 is 1.36 bits per heavy atom. The van der Waals surface area contributed by atoms with Gasteiger partial charge in [0, 0.05) is 22.4 Å². The Labute approximate surface area is 142 Å². The second-order valence-corrected chi connectivity index (χ2v) is 7.45. The number of nitrogens with zero attached hydrogens (tertiary/aromatic N) is 3. The number of aliphatic hydroxyl groups is 1. The zero-order chi connectivity index (χ0) is 15.4. The van der Waals surface area contributed by atoms with Crippen molar-refractivity contribution in [2.24, 2.45) is 0 Å². The van der Waals surface area contributed by atoms with Gasteiger partial charge in [0.05, 0.1) is 18.0 Å². The van der Waals surface area contributed by atoms with Crippen LogP contribution in [0.25, 0.3) is 10.7 Å². The fourth-order valence-electron chi connectivity index (χ4n) is 2.99. The molecule has 22 heavy (non-hydrogen) atoms. The van der Waals surface area contributed by atoms with Gasteiger partial charge in [-0.2, -0.15) is 4.98 Å². The van der Waals surface area contributed by atoms with Gasteiger partial charge in [-0.1, -0.05) is 24.4 Å². The summed E-state index contributed by atoms with van der Waals surface area (Å²) in [5.74, 6) is 1.26. The highest BCUT2D eigenvalue weighted by molar-refractivity contribution is 9.10. The van der Waals surface area contributed by atoms with Gasteiger partial charge in [-0.3, -0.25) is 4.90 Å². The Bertz CT molecular complexity index is 595. The lowest BCUT2D eigenvalue weighted by molar-refractivity contribution is 0.105. The van der Waals surface area contributed by atoms with Crippen LogP contribution in [0.5, 0.6) is 0 Å². The van der Waals surface area contributed by atoms with Crippen molar-refractivity contribution >= 4 is 27.3 Å². The van der Waals surface area contributed by atoms with Crippen LogP contribution in [0.3, 0.4) is 0 Å². The van der Waals surface area contributed by atoms with E-state index in [1.54, 1.807) is 11.3 Å². The number of aromatic nitrogens is 2. The first-order valence-electron chi connectivity index (χ1n) is 7.68. The number of hydrogen-bond acceptors (Lipinski definition) is 6. The first-order valence-corrected chi connectivity index (χ1v) is 9.35. The lowest BCUT2D eigenvalue weighted by atomic mass is 9.94. The molecule has 0 amide bonds. The second kappa shape index (κ2) is 7.68. The molecule has 1 fully saturated rings. The van der Waals surface area contributed by atoms with E-state index in [-0.39, 0.29) is 6.61 Å². The van der Waals surface area contributed by atoms with Gasteiger partial charge in [-0.25, -0.2) is 0 Å². The molecule has 2 heterocycles. The average Bonchev–Trinajstić information content (AvgIpc) is 3.17. The van der Waals surface area contributed by atoms with E-state index >= 15 is 0 Å². The molecule has 2 aromatic heterocycles. The first-order chi connectivity index (χ1) is 10.8. The highest BCUT2D eigenvalue weighted by Gasteiger charge is 2.23.